The van der Waals surface area contributed by atoms with Gasteiger partial charge < -0.3 is 25.6 Å². The molecule has 2 aromatic rings. The monoisotopic (exact) mass is 536 g/mol. The normalized spacial score (nSPS) is 28.5. The van der Waals surface area contributed by atoms with Gasteiger partial charge in [0.25, 0.3) is 0 Å². The van der Waals surface area contributed by atoms with Crippen molar-refractivity contribution in [2.75, 3.05) is 10.2 Å². The number of rotatable bonds is 8. The Labute approximate surface area is 230 Å². The Hall–Kier alpha value is -2.91. The quantitative estimate of drug-likeness (QED) is 0.295. The van der Waals surface area contributed by atoms with Crippen molar-refractivity contribution in [1.29, 1.82) is 0 Å². The Morgan fingerprint density at radius 1 is 1.00 bits per heavy atom. The van der Waals surface area contributed by atoms with Crippen molar-refractivity contribution in [2.24, 2.45) is 28.5 Å². The zero-order chi connectivity index (χ0) is 27.1. The van der Waals surface area contributed by atoms with Crippen molar-refractivity contribution in [3.8, 4) is 0 Å². The van der Waals surface area contributed by atoms with Crippen molar-refractivity contribution in [3.63, 3.8) is 0 Å². The van der Waals surface area contributed by atoms with Gasteiger partial charge in [0.15, 0.2) is 23.1 Å². The lowest BCUT2D eigenvalue weighted by Gasteiger charge is -2.37. The van der Waals surface area contributed by atoms with Gasteiger partial charge in [0.05, 0.1) is 0 Å². The van der Waals surface area contributed by atoms with Crippen LogP contribution in [0.2, 0.25) is 0 Å². The van der Waals surface area contributed by atoms with Gasteiger partial charge in [-0.1, -0.05) is 32.6 Å². The molecule has 2 saturated heterocycles. The Bertz CT molecular complexity index is 1210. The van der Waals surface area contributed by atoms with Crippen LogP contribution in [0.1, 0.15) is 103 Å². The summed E-state index contributed by atoms with van der Waals surface area (Å²) in [4.78, 5) is 32.1. The second kappa shape index (κ2) is 10.9. The van der Waals surface area contributed by atoms with E-state index < -0.39 is 6.09 Å². The van der Waals surface area contributed by atoms with Crippen LogP contribution in [-0.2, 0) is 6.54 Å². The van der Waals surface area contributed by atoms with E-state index in [1.807, 2.05) is 0 Å². The number of nitrogens with zero attached hydrogens (tertiary/aromatic N) is 6. The van der Waals surface area contributed by atoms with E-state index in [0.717, 1.165) is 23.9 Å². The molecule has 3 unspecified atom stereocenters. The zero-order valence-corrected chi connectivity index (χ0v) is 23.5. The summed E-state index contributed by atoms with van der Waals surface area (Å²) in [5, 5.41) is 12.9. The van der Waals surface area contributed by atoms with Gasteiger partial charge in [-0.3, -0.25) is 0 Å². The molecule has 3 atom stereocenters. The van der Waals surface area contributed by atoms with Gasteiger partial charge in [-0.25, -0.2) is 14.8 Å². The molecule has 4 N–H and O–H groups in total. The SMILES string of the molecule is CCC1CCC(Cn2c(N3C4CCCC3CC4)nc3nc(C(N)=NC(=O)O)nc(NC(C)C4CCC4)c32)CC1. The van der Waals surface area contributed by atoms with E-state index in [9.17, 15) is 9.90 Å². The summed E-state index contributed by atoms with van der Waals surface area (Å²) in [5.74, 6) is 3.67. The highest BCUT2D eigenvalue weighted by atomic mass is 16.4. The minimum atomic E-state index is -1.35. The smallest absolute Gasteiger partial charge is 0.433 e. The number of aromatic nitrogens is 4. The fraction of sp³-hybridized carbons (Fsp3) is 0.759. The van der Waals surface area contributed by atoms with Crippen LogP contribution >= 0.6 is 0 Å². The Morgan fingerprint density at radius 2 is 1.67 bits per heavy atom. The first-order valence-corrected chi connectivity index (χ1v) is 15.3. The molecule has 6 rings (SSSR count). The Balaban J connectivity index is 1.46. The fourth-order valence-corrected chi connectivity index (χ4v) is 7.56. The number of imidazole rings is 1. The van der Waals surface area contributed by atoms with Crippen LogP contribution in [0.5, 0.6) is 0 Å². The second-order valence-corrected chi connectivity index (χ2v) is 12.5. The standard InChI is InChI=1S/C29H44N8O2/c1-3-18-10-12-19(13-11-18)16-36-23-25(31-17(2)20-6-4-7-20)33-27(24(30)32-29(38)39)34-26(23)35-28(36)37-21-8-5-9-22(37)15-14-21/h17-22H,3-16H2,1-2H3,(H2,30,32)(H,38,39)(H,31,33,34). The number of nitrogens with two attached hydrogens (primary N) is 1. The van der Waals surface area contributed by atoms with Crippen molar-refractivity contribution in [1.82, 2.24) is 19.5 Å². The maximum Gasteiger partial charge on any atom is 0.433 e. The highest BCUT2D eigenvalue weighted by Gasteiger charge is 2.40. The van der Waals surface area contributed by atoms with E-state index in [-0.39, 0.29) is 17.7 Å². The fourth-order valence-electron chi connectivity index (χ4n) is 7.56. The number of nitrogens with one attached hydrogen (secondary N) is 1. The molecule has 4 aliphatic rings. The summed E-state index contributed by atoms with van der Waals surface area (Å²) in [7, 11) is 0. The molecule has 1 amide bonds. The molecule has 2 aliphatic heterocycles. The topological polar surface area (TPSA) is 135 Å². The molecule has 212 valence electrons. The second-order valence-electron chi connectivity index (χ2n) is 12.5. The lowest BCUT2D eigenvalue weighted by molar-refractivity contribution is 0.205. The largest absolute Gasteiger partial charge is 0.463 e. The molecule has 39 heavy (non-hydrogen) atoms. The van der Waals surface area contributed by atoms with Gasteiger partial charge in [-0.2, -0.15) is 9.98 Å². The molecule has 10 nitrogen and oxygen atoms in total. The third kappa shape index (κ3) is 5.18. The maximum absolute atomic E-state index is 11.3. The minimum absolute atomic E-state index is 0.120. The third-order valence-electron chi connectivity index (χ3n) is 10.2. The van der Waals surface area contributed by atoms with E-state index in [2.05, 4.69) is 33.6 Å². The minimum Gasteiger partial charge on any atom is -0.463 e. The summed E-state index contributed by atoms with van der Waals surface area (Å²) >= 11 is 0. The molecule has 0 aromatic carbocycles. The summed E-state index contributed by atoms with van der Waals surface area (Å²) in [6.45, 7) is 5.44. The number of amides is 1. The molecule has 4 heterocycles. The predicted molar refractivity (Wildman–Crippen MR) is 153 cm³/mol. The lowest BCUT2D eigenvalue weighted by atomic mass is 9.80. The number of hydrogen-bond acceptors (Lipinski definition) is 6. The summed E-state index contributed by atoms with van der Waals surface area (Å²) in [6, 6.07) is 1.28. The zero-order valence-electron chi connectivity index (χ0n) is 23.5. The molecule has 0 spiro atoms. The van der Waals surface area contributed by atoms with Crippen LogP contribution in [0, 0.1) is 17.8 Å². The van der Waals surface area contributed by atoms with E-state index in [1.54, 1.807) is 0 Å². The summed E-state index contributed by atoms with van der Waals surface area (Å²) < 4.78 is 2.41. The van der Waals surface area contributed by atoms with Crippen molar-refractivity contribution < 1.29 is 9.90 Å². The number of amidine groups is 1. The molecule has 4 fully saturated rings. The van der Waals surface area contributed by atoms with Gasteiger partial charge in [0.1, 0.15) is 5.52 Å². The van der Waals surface area contributed by atoms with Crippen molar-refractivity contribution in [3.05, 3.63) is 5.82 Å². The average molecular weight is 537 g/mol. The number of hydrogen-bond donors (Lipinski definition) is 3. The average Bonchev–Trinajstić information content (AvgIpc) is 3.35. The van der Waals surface area contributed by atoms with Gasteiger partial charge in [-0.15, -0.1) is 0 Å². The number of piperidine rings is 1. The molecule has 2 bridgehead atoms. The molecule has 2 aliphatic carbocycles. The highest BCUT2D eigenvalue weighted by Crippen LogP contribution is 2.42. The van der Waals surface area contributed by atoms with E-state index >= 15 is 0 Å². The van der Waals surface area contributed by atoms with Crippen molar-refractivity contribution >= 4 is 34.9 Å². The van der Waals surface area contributed by atoms with Crippen LogP contribution in [0.3, 0.4) is 0 Å². The van der Waals surface area contributed by atoms with Gasteiger partial charge in [0.2, 0.25) is 5.95 Å². The predicted octanol–water partition coefficient (Wildman–Crippen LogP) is 5.55. The Kier molecular flexibility index (Phi) is 7.37. The van der Waals surface area contributed by atoms with Gasteiger partial charge in [0, 0.05) is 24.7 Å². The van der Waals surface area contributed by atoms with Crippen LogP contribution < -0.4 is 16.0 Å². The Morgan fingerprint density at radius 3 is 2.28 bits per heavy atom. The molecule has 0 radical (unpaired) electrons. The first-order valence-electron chi connectivity index (χ1n) is 15.3. The number of carbonyl (C=O) groups is 1. The third-order valence-corrected chi connectivity index (χ3v) is 10.2. The highest BCUT2D eigenvalue weighted by molar-refractivity contribution is 6.01. The van der Waals surface area contributed by atoms with Gasteiger partial charge >= 0.3 is 6.09 Å². The van der Waals surface area contributed by atoms with Gasteiger partial charge in [-0.05, 0) is 82.5 Å². The first-order chi connectivity index (χ1) is 18.9. The molecule has 10 heteroatoms. The molecule has 2 saturated carbocycles. The summed E-state index contributed by atoms with van der Waals surface area (Å²) in [6.07, 6.45) is 14.8. The summed E-state index contributed by atoms with van der Waals surface area (Å²) in [5.41, 5.74) is 7.57. The number of carboxylic acid groups (broad SMARTS) is 1. The van der Waals surface area contributed by atoms with Crippen LogP contribution in [-0.4, -0.2) is 54.7 Å². The van der Waals surface area contributed by atoms with Crippen LogP contribution in [0.15, 0.2) is 4.99 Å². The first kappa shape index (κ1) is 26.3. The van der Waals surface area contributed by atoms with E-state index in [0.29, 0.717) is 35.4 Å². The van der Waals surface area contributed by atoms with Crippen LogP contribution in [0.4, 0.5) is 16.6 Å². The van der Waals surface area contributed by atoms with Crippen molar-refractivity contribution in [2.45, 2.75) is 122 Å². The molecular weight excluding hydrogens is 492 g/mol. The number of fused-ring (bicyclic) bond motifs is 3. The maximum atomic E-state index is 11.3. The lowest BCUT2D eigenvalue weighted by Crippen LogP contribution is -2.41. The van der Waals surface area contributed by atoms with E-state index in [1.165, 1.54) is 83.5 Å². The molecule has 2 aromatic heterocycles. The van der Waals surface area contributed by atoms with Crippen LogP contribution in [0.25, 0.3) is 11.2 Å². The number of anilines is 2. The van der Waals surface area contributed by atoms with E-state index in [4.69, 9.17) is 20.7 Å². The molecular formula is C29H44N8O2. The number of aliphatic imine (C=N–C) groups is 1.